The first-order valence-corrected chi connectivity index (χ1v) is 6.78. The maximum Gasteiger partial charge on any atom is 0.325 e. The molecule has 1 fully saturated rings. The number of amides is 4. The van der Waals surface area contributed by atoms with E-state index < -0.39 is 35.9 Å². The minimum atomic E-state index is -0.975. The number of ether oxygens (including phenoxy) is 1. The molecule has 1 N–H and O–H groups in total. The molecule has 0 aromatic heterocycles. The summed E-state index contributed by atoms with van der Waals surface area (Å²) in [5, 5.41) is 2.56. The van der Waals surface area contributed by atoms with Crippen LogP contribution in [0, 0.1) is 0 Å². The van der Waals surface area contributed by atoms with Crippen LogP contribution in [0.3, 0.4) is 0 Å². The monoisotopic (exact) mass is 299 g/mol. The molecule has 1 heterocycles. The van der Waals surface area contributed by atoms with E-state index >= 15 is 0 Å². The molecule has 4 amide bonds. The first-order chi connectivity index (χ1) is 9.75. The number of nitrogens with zero attached hydrogens (tertiary/aromatic N) is 2. The summed E-state index contributed by atoms with van der Waals surface area (Å²) in [5.41, 5.74) is -0.975. The summed E-state index contributed by atoms with van der Waals surface area (Å²) in [4.78, 5) is 49.2. The third kappa shape index (κ3) is 3.71. The van der Waals surface area contributed by atoms with Crippen molar-refractivity contribution in [2.24, 2.45) is 0 Å². The quantitative estimate of drug-likeness (QED) is 0.538. The van der Waals surface area contributed by atoms with Crippen LogP contribution in [-0.2, 0) is 19.1 Å². The summed E-state index contributed by atoms with van der Waals surface area (Å²) in [6.45, 7) is 4.66. The van der Waals surface area contributed by atoms with Crippen LogP contribution in [0.15, 0.2) is 0 Å². The number of likely N-dealkylation sites (N-methyl/N-ethyl adjacent to an activating group) is 1. The van der Waals surface area contributed by atoms with Gasteiger partial charge in [-0.15, -0.1) is 0 Å². The lowest BCUT2D eigenvalue weighted by molar-refractivity contribution is -0.148. The fourth-order valence-corrected chi connectivity index (χ4v) is 1.87. The van der Waals surface area contributed by atoms with Crippen molar-refractivity contribution in [2.45, 2.75) is 32.7 Å². The van der Waals surface area contributed by atoms with Gasteiger partial charge in [-0.1, -0.05) is 6.92 Å². The number of hydrogen-bond donors (Lipinski definition) is 1. The highest BCUT2D eigenvalue weighted by atomic mass is 16.5. The van der Waals surface area contributed by atoms with E-state index in [-0.39, 0.29) is 13.2 Å². The Labute approximate surface area is 123 Å². The van der Waals surface area contributed by atoms with E-state index in [9.17, 15) is 19.2 Å². The van der Waals surface area contributed by atoms with E-state index in [4.69, 9.17) is 4.74 Å². The average Bonchev–Trinajstić information content (AvgIpc) is 2.63. The Morgan fingerprint density at radius 2 is 1.95 bits per heavy atom. The van der Waals surface area contributed by atoms with Gasteiger partial charge in [-0.25, -0.2) is 4.79 Å². The highest BCUT2D eigenvalue weighted by Crippen LogP contribution is 2.20. The topological polar surface area (TPSA) is 96.0 Å². The zero-order valence-electron chi connectivity index (χ0n) is 12.8. The van der Waals surface area contributed by atoms with Crippen molar-refractivity contribution >= 4 is 23.8 Å². The second-order valence-electron chi connectivity index (χ2n) is 5.06. The van der Waals surface area contributed by atoms with Gasteiger partial charge in [0.1, 0.15) is 18.6 Å². The fourth-order valence-electron chi connectivity index (χ4n) is 1.87. The molecule has 8 heteroatoms. The van der Waals surface area contributed by atoms with Crippen LogP contribution < -0.4 is 5.32 Å². The van der Waals surface area contributed by atoms with E-state index in [0.29, 0.717) is 6.42 Å². The standard InChI is InChI=1S/C13H21N3O5/c1-5-13(3)11(19)16(12(20)14-13)7-9(17)15(4)8-10(18)21-6-2/h5-8H2,1-4H3,(H,14,20). The Kier molecular flexibility index (Phi) is 5.28. The number of rotatable bonds is 6. The van der Waals surface area contributed by atoms with Gasteiger partial charge in [0.25, 0.3) is 5.91 Å². The van der Waals surface area contributed by atoms with Crippen LogP contribution in [0.2, 0.25) is 0 Å². The molecule has 118 valence electrons. The van der Waals surface area contributed by atoms with Gasteiger partial charge in [0.2, 0.25) is 5.91 Å². The first kappa shape index (κ1) is 16.9. The van der Waals surface area contributed by atoms with E-state index in [1.54, 1.807) is 20.8 Å². The van der Waals surface area contributed by atoms with Gasteiger partial charge < -0.3 is 15.0 Å². The predicted octanol–water partition coefficient (Wildman–Crippen LogP) is -0.272. The van der Waals surface area contributed by atoms with Crippen LogP contribution in [0.25, 0.3) is 0 Å². The molecule has 0 saturated carbocycles. The van der Waals surface area contributed by atoms with Crippen molar-refractivity contribution in [1.82, 2.24) is 15.1 Å². The second kappa shape index (κ2) is 6.55. The minimum absolute atomic E-state index is 0.221. The molecule has 1 aliphatic rings. The molecule has 0 radical (unpaired) electrons. The normalized spacial score (nSPS) is 21.2. The van der Waals surface area contributed by atoms with Gasteiger partial charge in [0, 0.05) is 7.05 Å². The number of carbonyl (C=O) groups excluding carboxylic acids is 4. The Morgan fingerprint density at radius 1 is 1.33 bits per heavy atom. The van der Waals surface area contributed by atoms with Crippen LogP contribution in [0.1, 0.15) is 27.2 Å². The van der Waals surface area contributed by atoms with Crippen molar-refractivity contribution in [1.29, 1.82) is 0 Å². The van der Waals surface area contributed by atoms with Crippen LogP contribution >= 0.6 is 0 Å². The Bertz CT molecular complexity index is 465. The van der Waals surface area contributed by atoms with E-state index in [1.165, 1.54) is 7.05 Å². The maximum absolute atomic E-state index is 12.1. The van der Waals surface area contributed by atoms with Crippen LogP contribution in [0.4, 0.5) is 4.79 Å². The third-order valence-corrected chi connectivity index (χ3v) is 3.44. The van der Waals surface area contributed by atoms with Gasteiger partial charge in [-0.05, 0) is 20.3 Å². The highest BCUT2D eigenvalue weighted by Gasteiger charge is 2.47. The number of imide groups is 1. The molecule has 0 bridgehead atoms. The summed E-state index contributed by atoms with van der Waals surface area (Å²) >= 11 is 0. The molecule has 21 heavy (non-hydrogen) atoms. The van der Waals surface area contributed by atoms with Crippen molar-refractivity contribution in [3.8, 4) is 0 Å². The maximum atomic E-state index is 12.1. The van der Waals surface area contributed by atoms with Gasteiger partial charge in [0.05, 0.1) is 6.61 Å². The molecule has 1 aliphatic heterocycles. The van der Waals surface area contributed by atoms with Crippen molar-refractivity contribution in [2.75, 3.05) is 26.7 Å². The van der Waals surface area contributed by atoms with Crippen molar-refractivity contribution < 1.29 is 23.9 Å². The lowest BCUT2D eigenvalue weighted by atomic mass is 9.99. The minimum Gasteiger partial charge on any atom is -0.465 e. The predicted molar refractivity (Wildman–Crippen MR) is 73.2 cm³/mol. The zero-order valence-corrected chi connectivity index (χ0v) is 12.8. The summed E-state index contributed by atoms with van der Waals surface area (Å²) < 4.78 is 4.73. The molecular weight excluding hydrogens is 278 g/mol. The lowest BCUT2D eigenvalue weighted by Gasteiger charge is -2.21. The molecule has 8 nitrogen and oxygen atoms in total. The van der Waals surface area contributed by atoms with Gasteiger partial charge in [0.15, 0.2) is 0 Å². The molecule has 0 aliphatic carbocycles. The van der Waals surface area contributed by atoms with E-state index in [2.05, 4.69) is 5.32 Å². The second-order valence-corrected chi connectivity index (χ2v) is 5.06. The van der Waals surface area contributed by atoms with Crippen LogP contribution in [-0.4, -0.2) is 65.9 Å². The molecule has 1 saturated heterocycles. The molecule has 0 aromatic carbocycles. The Morgan fingerprint density at radius 3 is 2.43 bits per heavy atom. The van der Waals surface area contributed by atoms with Gasteiger partial charge in [-0.3, -0.25) is 19.3 Å². The summed E-state index contributed by atoms with van der Waals surface area (Å²) in [6, 6.07) is -0.595. The number of nitrogens with one attached hydrogen (secondary N) is 1. The van der Waals surface area contributed by atoms with Crippen molar-refractivity contribution in [3.05, 3.63) is 0 Å². The SMILES string of the molecule is CCOC(=O)CN(C)C(=O)CN1C(=O)NC(C)(CC)C1=O. The lowest BCUT2D eigenvalue weighted by Crippen LogP contribution is -2.45. The molecule has 1 rings (SSSR count). The van der Waals surface area contributed by atoms with Crippen molar-refractivity contribution in [3.63, 3.8) is 0 Å². The molecule has 0 spiro atoms. The fraction of sp³-hybridized carbons (Fsp3) is 0.692. The van der Waals surface area contributed by atoms with Crippen LogP contribution in [0.5, 0.6) is 0 Å². The smallest absolute Gasteiger partial charge is 0.325 e. The van der Waals surface area contributed by atoms with E-state index in [1.807, 2.05) is 0 Å². The first-order valence-electron chi connectivity index (χ1n) is 6.78. The molecular formula is C13H21N3O5. The van der Waals surface area contributed by atoms with Gasteiger partial charge >= 0.3 is 12.0 Å². The summed E-state index contributed by atoms with van der Waals surface area (Å²) in [6.07, 6.45) is 0.431. The number of hydrogen-bond acceptors (Lipinski definition) is 5. The molecule has 1 unspecified atom stereocenters. The number of urea groups is 1. The molecule has 1 atom stereocenters. The summed E-state index contributed by atoms with van der Waals surface area (Å²) in [7, 11) is 1.41. The summed E-state index contributed by atoms with van der Waals surface area (Å²) in [5.74, 6) is -1.48. The van der Waals surface area contributed by atoms with E-state index in [0.717, 1.165) is 9.80 Å². The zero-order chi connectivity index (χ0) is 16.2. The highest BCUT2D eigenvalue weighted by molar-refractivity contribution is 6.08. The molecule has 0 aromatic rings. The number of carbonyl (C=O) groups is 4. The largest absolute Gasteiger partial charge is 0.465 e. The Hall–Kier alpha value is -2.12. The Balaban J connectivity index is 2.64. The van der Waals surface area contributed by atoms with Gasteiger partial charge in [-0.2, -0.15) is 0 Å². The number of esters is 1. The average molecular weight is 299 g/mol. The third-order valence-electron chi connectivity index (χ3n) is 3.44.